The SMILES string of the molecule is Cc1ccnc(COc2ccc(C(F)(F)F)cc2Br)c1. The number of benzene rings is 1. The molecule has 0 bridgehead atoms. The van der Waals surface area contributed by atoms with E-state index in [2.05, 4.69) is 20.9 Å². The summed E-state index contributed by atoms with van der Waals surface area (Å²) in [6, 6.07) is 7.00. The van der Waals surface area contributed by atoms with E-state index in [1.807, 2.05) is 19.1 Å². The number of aromatic nitrogens is 1. The van der Waals surface area contributed by atoms with Gasteiger partial charge in [-0.2, -0.15) is 13.2 Å². The summed E-state index contributed by atoms with van der Waals surface area (Å²) in [6.07, 6.45) is -2.70. The molecule has 2 aromatic rings. The van der Waals surface area contributed by atoms with Crippen molar-refractivity contribution in [3.05, 3.63) is 57.8 Å². The van der Waals surface area contributed by atoms with Crippen LogP contribution in [-0.2, 0) is 12.8 Å². The van der Waals surface area contributed by atoms with E-state index in [0.29, 0.717) is 5.75 Å². The van der Waals surface area contributed by atoms with Crippen LogP contribution in [0, 0.1) is 6.92 Å². The topological polar surface area (TPSA) is 22.1 Å². The van der Waals surface area contributed by atoms with Gasteiger partial charge in [0.2, 0.25) is 0 Å². The maximum atomic E-state index is 12.5. The molecule has 0 N–H and O–H groups in total. The Labute approximate surface area is 122 Å². The molecular formula is C14H11BrF3NO. The predicted molar refractivity (Wildman–Crippen MR) is 72.5 cm³/mol. The summed E-state index contributed by atoms with van der Waals surface area (Å²) in [4.78, 5) is 4.12. The van der Waals surface area contributed by atoms with Gasteiger partial charge in [-0.1, -0.05) is 0 Å². The van der Waals surface area contributed by atoms with Gasteiger partial charge in [0.05, 0.1) is 15.7 Å². The van der Waals surface area contributed by atoms with Gasteiger partial charge in [0.1, 0.15) is 12.4 Å². The molecule has 0 unspecified atom stereocenters. The lowest BCUT2D eigenvalue weighted by molar-refractivity contribution is -0.137. The zero-order valence-corrected chi connectivity index (χ0v) is 12.1. The first-order chi connectivity index (χ1) is 9.36. The molecule has 1 aromatic heterocycles. The first kappa shape index (κ1) is 14.8. The number of aryl methyl sites for hydroxylation is 1. The molecule has 2 rings (SSSR count). The lowest BCUT2D eigenvalue weighted by atomic mass is 10.2. The Morgan fingerprint density at radius 1 is 1.20 bits per heavy atom. The third-order valence-corrected chi connectivity index (χ3v) is 3.23. The highest BCUT2D eigenvalue weighted by Gasteiger charge is 2.30. The van der Waals surface area contributed by atoms with E-state index in [1.165, 1.54) is 6.07 Å². The van der Waals surface area contributed by atoms with Crippen molar-refractivity contribution in [2.24, 2.45) is 0 Å². The summed E-state index contributed by atoms with van der Waals surface area (Å²) in [7, 11) is 0. The highest BCUT2D eigenvalue weighted by atomic mass is 79.9. The summed E-state index contributed by atoms with van der Waals surface area (Å²) in [5.74, 6) is 0.348. The van der Waals surface area contributed by atoms with E-state index in [1.54, 1.807) is 6.20 Å². The number of ether oxygens (including phenoxy) is 1. The maximum absolute atomic E-state index is 12.5. The molecule has 0 saturated carbocycles. The molecule has 2 nitrogen and oxygen atoms in total. The first-order valence-corrected chi connectivity index (χ1v) is 6.56. The largest absolute Gasteiger partial charge is 0.486 e. The number of pyridine rings is 1. The van der Waals surface area contributed by atoms with Gasteiger partial charge in [0, 0.05) is 6.20 Å². The maximum Gasteiger partial charge on any atom is 0.416 e. The van der Waals surface area contributed by atoms with Gasteiger partial charge in [-0.3, -0.25) is 4.98 Å². The van der Waals surface area contributed by atoms with Crippen molar-refractivity contribution >= 4 is 15.9 Å². The number of halogens is 4. The first-order valence-electron chi connectivity index (χ1n) is 5.77. The minimum atomic E-state index is -4.36. The van der Waals surface area contributed by atoms with Gasteiger partial charge in [-0.25, -0.2) is 0 Å². The van der Waals surface area contributed by atoms with Crippen LogP contribution in [0.25, 0.3) is 0 Å². The summed E-state index contributed by atoms with van der Waals surface area (Å²) in [5.41, 5.74) is 1.05. The lowest BCUT2D eigenvalue weighted by Gasteiger charge is -2.11. The lowest BCUT2D eigenvalue weighted by Crippen LogP contribution is -2.05. The molecule has 1 heterocycles. The van der Waals surface area contributed by atoms with Crippen LogP contribution < -0.4 is 4.74 Å². The van der Waals surface area contributed by atoms with Crippen molar-refractivity contribution in [1.29, 1.82) is 0 Å². The van der Waals surface area contributed by atoms with Gasteiger partial charge in [-0.15, -0.1) is 0 Å². The normalized spacial score (nSPS) is 11.4. The Bertz CT molecular complexity index is 614. The van der Waals surface area contributed by atoms with Crippen molar-refractivity contribution in [3.8, 4) is 5.75 Å². The van der Waals surface area contributed by atoms with Crippen molar-refractivity contribution in [1.82, 2.24) is 4.98 Å². The number of hydrogen-bond acceptors (Lipinski definition) is 2. The second-order valence-electron chi connectivity index (χ2n) is 4.26. The van der Waals surface area contributed by atoms with Gasteiger partial charge in [-0.05, 0) is 58.7 Å². The second-order valence-corrected chi connectivity index (χ2v) is 5.11. The highest BCUT2D eigenvalue weighted by Crippen LogP contribution is 2.35. The standard InChI is InChI=1S/C14H11BrF3NO/c1-9-4-5-19-11(6-9)8-20-13-3-2-10(7-12(13)15)14(16,17)18/h2-7H,8H2,1H3. The molecule has 0 radical (unpaired) electrons. The zero-order chi connectivity index (χ0) is 14.8. The van der Waals surface area contributed by atoms with Crippen molar-refractivity contribution in [2.75, 3.05) is 0 Å². The average molecular weight is 346 g/mol. The number of rotatable bonds is 3. The molecule has 0 aliphatic rings. The molecule has 0 saturated heterocycles. The fourth-order valence-electron chi connectivity index (χ4n) is 1.62. The number of hydrogen-bond donors (Lipinski definition) is 0. The Balaban J connectivity index is 2.11. The summed E-state index contributed by atoms with van der Waals surface area (Å²) >= 11 is 3.08. The molecule has 0 aliphatic carbocycles. The van der Waals surface area contributed by atoms with Crippen LogP contribution in [0.1, 0.15) is 16.8 Å². The second kappa shape index (κ2) is 5.83. The van der Waals surface area contributed by atoms with E-state index < -0.39 is 11.7 Å². The molecule has 1 aromatic carbocycles. The third-order valence-electron chi connectivity index (χ3n) is 2.61. The molecule has 0 aliphatic heterocycles. The molecule has 0 atom stereocenters. The van der Waals surface area contributed by atoms with Crippen molar-refractivity contribution < 1.29 is 17.9 Å². The van der Waals surface area contributed by atoms with Gasteiger partial charge >= 0.3 is 6.18 Å². The summed E-state index contributed by atoms with van der Waals surface area (Å²) < 4.78 is 43.3. The molecule has 0 fully saturated rings. The summed E-state index contributed by atoms with van der Waals surface area (Å²) in [6.45, 7) is 2.13. The van der Waals surface area contributed by atoms with Crippen LogP contribution in [0.4, 0.5) is 13.2 Å². The van der Waals surface area contributed by atoms with E-state index in [0.717, 1.165) is 23.4 Å². The molecule has 0 amide bonds. The van der Waals surface area contributed by atoms with E-state index in [-0.39, 0.29) is 11.1 Å². The van der Waals surface area contributed by atoms with Crippen molar-refractivity contribution in [3.63, 3.8) is 0 Å². The minimum Gasteiger partial charge on any atom is -0.486 e. The van der Waals surface area contributed by atoms with E-state index in [4.69, 9.17) is 4.74 Å². The Hall–Kier alpha value is -1.56. The molecule has 6 heteroatoms. The van der Waals surface area contributed by atoms with Crippen LogP contribution in [0.2, 0.25) is 0 Å². The van der Waals surface area contributed by atoms with Gasteiger partial charge in [0.25, 0.3) is 0 Å². The average Bonchev–Trinajstić information content (AvgIpc) is 2.36. The Morgan fingerprint density at radius 3 is 2.55 bits per heavy atom. The molecule has 20 heavy (non-hydrogen) atoms. The van der Waals surface area contributed by atoms with Crippen LogP contribution in [0.15, 0.2) is 41.0 Å². The zero-order valence-electron chi connectivity index (χ0n) is 10.5. The molecule has 0 spiro atoms. The highest BCUT2D eigenvalue weighted by molar-refractivity contribution is 9.10. The van der Waals surface area contributed by atoms with Crippen LogP contribution >= 0.6 is 15.9 Å². The summed E-state index contributed by atoms with van der Waals surface area (Å²) in [5, 5.41) is 0. The van der Waals surface area contributed by atoms with E-state index >= 15 is 0 Å². The quantitative estimate of drug-likeness (QED) is 0.800. The number of nitrogens with zero attached hydrogens (tertiary/aromatic N) is 1. The molecular weight excluding hydrogens is 335 g/mol. The fraction of sp³-hybridized carbons (Fsp3) is 0.214. The number of alkyl halides is 3. The van der Waals surface area contributed by atoms with Gasteiger partial charge < -0.3 is 4.74 Å². The van der Waals surface area contributed by atoms with Crippen LogP contribution in [0.3, 0.4) is 0 Å². The monoisotopic (exact) mass is 345 g/mol. The van der Waals surface area contributed by atoms with Crippen molar-refractivity contribution in [2.45, 2.75) is 19.7 Å². The predicted octanol–water partition coefficient (Wildman–Crippen LogP) is 4.75. The van der Waals surface area contributed by atoms with E-state index in [9.17, 15) is 13.2 Å². The minimum absolute atomic E-state index is 0.200. The van der Waals surface area contributed by atoms with Gasteiger partial charge in [0.15, 0.2) is 0 Å². The Morgan fingerprint density at radius 2 is 1.95 bits per heavy atom. The van der Waals surface area contributed by atoms with Crippen LogP contribution in [-0.4, -0.2) is 4.98 Å². The van der Waals surface area contributed by atoms with Crippen LogP contribution in [0.5, 0.6) is 5.75 Å². The third kappa shape index (κ3) is 3.72. The Kier molecular flexibility index (Phi) is 4.32. The molecule has 106 valence electrons. The smallest absolute Gasteiger partial charge is 0.416 e. The fourth-order valence-corrected chi connectivity index (χ4v) is 2.12.